The van der Waals surface area contributed by atoms with Crippen LogP contribution in [0.2, 0.25) is 0 Å². The fourth-order valence-corrected chi connectivity index (χ4v) is 3.01. The molecule has 112 valence electrons. The van der Waals surface area contributed by atoms with Crippen LogP contribution in [-0.4, -0.2) is 15.2 Å². The predicted octanol–water partition coefficient (Wildman–Crippen LogP) is 4.30. The van der Waals surface area contributed by atoms with Crippen LogP contribution in [0.4, 0.5) is 0 Å². The Kier molecular flexibility index (Phi) is 4.85. The summed E-state index contributed by atoms with van der Waals surface area (Å²) in [6.07, 6.45) is 4.51. The van der Waals surface area contributed by atoms with Crippen LogP contribution in [0.5, 0.6) is 0 Å². The highest BCUT2D eigenvalue weighted by atomic mass is 32.2. The normalized spacial score (nSPS) is 12.2. The Morgan fingerprint density at radius 1 is 1.05 bits per heavy atom. The van der Waals surface area contributed by atoms with Crippen LogP contribution in [0, 0.1) is 0 Å². The molecule has 0 unspecified atom stereocenters. The minimum atomic E-state index is 0.156. The molecule has 0 spiro atoms. The molecular formula is C17H17N3OS. The van der Waals surface area contributed by atoms with E-state index in [0.29, 0.717) is 11.1 Å². The van der Waals surface area contributed by atoms with Crippen molar-refractivity contribution in [2.45, 2.75) is 30.2 Å². The molecule has 0 N–H and O–H groups in total. The Morgan fingerprint density at radius 3 is 2.55 bits per heavy atom. The third-order valence-corrected chi connectivity index (χ3v) is 4.33. The predicted molar refractivity (Wildman–Crippen MR) is 86.7 cm³/mol. The summed E-state index contributed by atoms with van der Waals surface area (Å²) in [5.41, 5.74) is 2.40. The summed E-state index contributed by atoms with van der Waals surface area (Å²) in [6.45, 7) is 2.13. The second-order valence-electron chi connectivity index (χ2n) is 4.92. The van der Waals surface area contributed by atoms with Gasteiger partial charge in [0.2, 0.25) is 5.89 Å². The molecule has 22 heavy (non-hydrogen) atoms. The molecule has 3 rings (SSSR count). The van der Waals surface area contributed by atoms with Crippen molar-refractivity contribution in [2.24, 2.45) is 0 Å². The minimum absolute atomic E-state index is 0.156. The van der Waals surface area contributed by atoms with E-state index in [-0.39, 0.29) is 5.92 Å². The van der Waals surface area contributed by atoms with Crippen molar-refractivity contribution in [3.05, 3.63) is 71.9 Å². The van der Waals surface area contributed by atoms with Crippen LogP contribution in [-0.2, 0) is 5.75 Å². The standard InChI is InChI=1S/C17H17N3OS/c1-2-15(14-6-4-3-5-7-14)16-19-20-17(21-16)22-12-13-8-10-18-11-9-13/h3-11,15H,2,12H2,1H3/t15-/m0/s1. The maximum atomic E-state index is 5.84. The average Bonchev–Trinajstić information content (AvgIpc) is 3.04. The molecule has 2 aromatic heterocycles. The lowest BCUT2D eigenvalue weighted by atomic mass is 9.97. The van der Waals surface area contributed by atoms with Gasteiger partial charge in [-0.3, -0.25) is 4.98 Å². The van der Waals surface area contributed by atoms with E-state index in [1.165, 1.54) is 11.1 Å². The molecular weight excluding hydrogens is 294 g/mol. The number of hydrogen-bond donors (Lipinski definition) is 0. The lowest BCUT2D eigenvalue weighted by molar-refractivity contribution is 0.395. The van der Waals surface area contributed by atoms with E-state index in [0.717, 1.165) is 12.2 Å². The van der Waals surface area contributed by atoms with E-state index in [1.54, 1.807) is 24.2 Å². The first-order chi connectivity index (χ1) is 10.9. The summed E-state index contributed by atoms with van der Waals surface area (Å²) >= 11 is 1.55. The first-order valence-corrected chi connectivity index (χ1v) is 8.25. The van der Waals surface area contributed by atoms with Crippen molar-refractivity contribution in [1.29, 1.82) is 0 Å². The van der Waals surface area contributed by atoms with E-state index in [1.807, 2.05) is 30.3 Å². The Morgan fingerprint density at radius 2 is 1.82 bits per heavy atom. The number of nitrogens with zero attached hydrogens (tertiary/aromatic N) is 3. The molecule has 0 radical (unpaired) electrons. The lowest BCUT2D eigenvalue weighted by Crippen LogP contribution is -1.99. The molecule has 0 aliphatic heterocycles. The molecule has 3 aromatic rings. The van der Waals surface area contributed by atoms with Crippen LogP contribution < -0.4 is 0 Å². The summed E-state index contributed by atoms with van der Waals surface area (Å²) in [5.74, 6) is 1.64. The summed E-state index contributed by atoms with van der Waals surface area (Å²) in [6, 6.07) is 14.3. The Labute approximate surface area is 134 Å². The van der Waals surface area contributed by atoms with Crippen molar-refractivity contribution in [2.75, 3.05) is 0 Å². The largest absolute Gasteiger partial charge is 0.415 e. The summed E-state index contributed by atoms with van der Waals surface area (Å²) in [5, 5.41) is 8.99. The zero-order chi connectivity index (χ0) is 15.2. The third-order valence-electron chi connectivity index (χ3n) is 3.44. The average molecular weight is 311 g/mol. The Hall–Kier alpha value is -2.14. The first kappa shape index (κ1) is 14.8. The van der Waals surface area contributed by atoms with Gasteiger partial charge in [0.25, 0.3) is 5.22 Å². The van der Waals surface area contributed by atoms with Gasteiger partial charge in [0.1, 0.15) is 0 Å². The zero-order valence-electron chi connectivity index (χ0n) is 12.3. The zero-order valence-corrected chi connectivity index (χ0v) is 13.2. The topological polar surface area (TPSA) is 51.8 Å². The number of thioether (sulfide) groups is 1. The van der Waals surface area contributed by atoms with E-state index >= 15 is 0 Å². The van der Waals surface area contributed by atoms with Crippen LogP contribution >= 0.6 is 11.8 Å². The molecule has 0 amide bonds. The minimum Gasteiger partial charge on any atom is -0.415 e. The molecule has 0 saturated heterocycles. The van der Waals surface area contributed by atoms with Crippen molar-refractivity contribution in [3.63, 3.8) is 0 Å². The smallest absolute Gasteiger partial charge is 0.276 e. The third kappa shape index (κ3) is 3.54. The molecule has 0 fully saturated rings. The number of hydrogen-bond acceptors (Lipinski definition) is 5. The van der Waals surface area contributed by atoms with Gasteiger partial charge in [0.05, 0.1) is 5.92 Å². The lowest BCUT2D eigenvalue weighted by Gasteiger charge is -2.10. The fourth-order valence-electron chi connectivity index (χ4n) is 2.28. The fraction of sp³-hybridized carbons (Fsp3) is 0.235. The van der Waals surface area contributed by atoms with Gasteiger partial charge in [-0.1, -0.05) is 49.0 Å². The second kappa shape index (κ2) is 7.22. The van der Waals surface area contributed by atoms with Gasteiger partial charge in [-0.25, -0.2) is 0 Å². The van der Waals surface area contributed by atoms with Crippen LogP contribution in [0.3, 0.4) is 0 Å². The van der Waals surface area contributed by atoms with Gasteiger partial charge < -0.3 is 4.42 Å². The van der Waals surface area contributed by atoms with Gasteiger partial charge in [-0.2, -0.15) is 0 Å². The Balaban J connectivity index is 1.70. The number of pyridine rings is 1. The maximum absolute atomic E-state index is 5.84. The van der Waals surface area contributed by atoms with Crippen LogP contribution in [0.1, 0.15) is 36.3 Å². The molecule has 4 nitrogen and oxygen atoms in total. The summed E-state index contributed by atoms with van der Waals surface area (Å²) in [4.78, 5) is 4.01. The highest BCUT2D eigenvalue weighted by molar-refractivity contribution is 7.98. The summed E-state index contributed by atoms with van der Waals surface area (Å²) < 4.78 is 5.84. The van der Waals surface area contributed by atoms with Gasteiger partial charge in [0.15, 0.2) is 0 Å². The molecule has 0 aliphatic rings. The Bertz CT molecular complexity index is 700. The highest BCUT2D eigenvalue weighted by Crippen LogP contribution is 2.29. The maximum Gasteiger partial charge on any atom is 0.276 e. The molecule has 0 aliphatic carbocycles. The van der Waals surface area contributed by atoms with Gasteiger partial charge in [0, 0.05) is 18.1 Å². The van der Waals surface area contributed by atoms with Gasteiger partial charge >= 0.3 is 0 Å². The first-order valence-electron chi connectivity index (χ1n) is 7.27. The van der Waals surface area contributed by atoms with Crippen LogP contribution in [0.25, 0.3) is 0 Å². The molecule has 0 saturated carbocycles. The van der Waals surface area contributed by atoms with Crippen molar-refractivity contribution < 1.29 is 4.42 Å². The quantitative estimate of drug-likeness (QED) is 0.635. The molecule has 1 aromatic carbocycles. The summed E-state index contributed by atoms with van der Waals surface area (Å²) in [7, 11) is 0. The molecule has 0 bridgehead atoms. The second-order valence-corrected chi connectivity index (χ2v) is 5.85. The van der Waals surface area contributed by atoms with Crippen molar-refractivity contribution >= 4 is 11.8 Å². The monoisotopic (exact) mass is 311 g/mol. The van der Waals surface area contributed by atoms with Crippen LogP contribution in [0.15, 0.2) is 64.5 Å². The van der Waals surface area contributed by atoms with Crippen molar-refractivity contribution in [3.8, 4) is 0 Å². The van der Waals surface area contributed by atoms with E-state index in [4.69, 9.17) is 4.42 Å². The van der Waals surface area contributed by atoms with E-state index in [2.05, 4.69) is 34.2 Å². The van der Waals surface area contributed by atoms with Gasteiger partial charge in [-0.05, 0) is 29.7 Å². The van der Waals surface area contributed by atoms with Crippen molar-refractivity contribution in [1.82, 2.24) is 15.2 Å². The number of aromatic nitrogens is 3. The highest BCUT2D eigenvalue weighted by Gasteiger charge is 2.19. The number of benzene rings is 1. The molecule has 1 atom stereocenters. The molecule has 2 heterocycles. The van der Waals surface area contributed by atoms with E-state index in [9.17, 15) is 0 Å². The molecule has 5 heteroatoms. The van der Waals surface area contributed by atoms with Gasteiger partial charge in [-0.15, -0.1) is 10.2 Å². The van der Waals surface area contributed by atoms with E-state index < -0.39 is 0 Å². The number of rotatable bonds is 6. The SMILES string of the molecule is CC[C@@H](c1ccccc1)c1nnc(SCc2ccncc2)o1.